The van der Waals surface area contributed by atoms with Gasteiger partial charge in [0.2, 0.25) is 0 Å². The van der Waals surface area contributed by atoms with Gasteiger partial charge in [-0.2, -0.15) is 0 Å². The molecule has 1 aromatic heterocycles. The average Bonchev–Trinajstić information content (AvgIpc) is 3.34. The van der Waals surface area contributed by atoms with Gasteiger partial charge in [-0.05, 0) is 102 Å². The molecule has 9 nitrogen and oxygen atoms in total. The van der Waals surface area contributed by atoms with Crippen LogP contribution in [0.2, 0.25) is 5.02 Å². The first-order chi connectivity index (χ1) is 21.0. The molecule has 0 bridgehead atoms. The van der Waals surface area contributed by atoms with Crippen LogP contribution in [-0.2, 0) is 20.8 Å². The molecule has 2 N–H and O–H groups in total. The van der Waals surface area contributed by atoms with E-state index in [9.17, 15) is 14.4 Å². The number of aryl methyl sites for hydroxylation is 1. The van der Waals surface area contributed by atoms with Crippen molar-refractivity contribution < 1.29 is 28.6 Å². The van der Waals surface area contributed by atoms with Gasteiger partial charge in [0.05, 0.1) is 23.9 Å². The Morgan fingerprint density at radius 3 is 2.20 bits per heavy atom. The van der Waals surface area contributed by atoms with E-state index in [4.69, 9.17) is 31.5 Å². The van der Waals surface area contributed by atoms with Crippen molar-refractivity contribution in [3.05, 3.63) is 92.5 Å². The maximum atomic E-state index is 12.7. The molecule has 0 saturated heterocycles. The second-order valence-electron chi connectivity index (χ2n) is 9.83. The third kappa shape index (κ3) is 9.07. The maximum absolute atomic E-state index is 12.7. The number of anilines is 1. The Hall–Kier alpha value is -3.86. The molecule has 0 unspecified atom stereocenters. The van der Waals surface area contributed by atoms with E-state index in [1.54, 1.807) is 48.1 Å². The van der Waals surface area contributed by atoms with Crippen LogP contribution in [0, 0.1) is 6.92 Å². The van der Waals surface area contributed by atoms with E-state index in [-0.39, 0.29) is 19.1 Å². The zero-order valence-corrected chi connectivity index (χ0v) is 27.8. The number of nitrogens with two attached hydrogens (primary N) is 1. The highest BCUT2D eigenvalue weighted by atomic mass is 79.9. The molecule has 234 valence electrons. The lowest BCUT2D eigenvalue weighted by atomic mass is 10.1. The highest BCUT2D eigenvalue weighted by Gasteiger charge is 2.16. The summed E-state index contributed by atoms with van der Waals surface area (Å²) >= 11 is 9.25. The number of rotatable bonds is 10. The molecule has 0 aliphatic heterocycles. The zero-order chi connectivity index (χ0) is 32.4. The van der Waals surface area contributed by atoms with Gasteiger partial charge in [-0.1, -0.05) is 25.4 Å². The molecule has 0 spiro atoms. The molecular weight excluding hydrogens is 650 g/mol. The lowest BCUT2D eigenvalue weighted by molar-refractivity contribution is -0.142. The third-order valence-corrected chi connectivity index (χ3v) is 7.76. The Bertz CT molecular complexity index is 1620. The molecule has 4 aromatic rings. The number of benzene rings is 3. The van der Waals surface area contributed by atoms with Crippen LogP contribution in [0.4, 0.5) is 5.69 Å². The average molecular weight is 687 g/mol. The first kappa shape index (κ1) is 34.6. The van der Waals surface area contributed by atoms with E-state index in [0.717, 1.165) is 41.0 Å². The lowest BCUT2D eigenvalue weighted by Crippen LogP contribution is -2.23. The molecule has 4 rings (SSSR count). The van der Waals surface area contributed by atoms with Gasteiger partial charge < -0.3 is 19.9 Å². The second-order valence-corrected chi connectivity index (χ2v) is 11.1. The van der Waals surface area contributed by atoms with Crippen LogP contribution in [0.15, 0.2) is 65.1 Å². The Morgan fingerprint density at radius 1 is 0.932 bits per heavy atom. The molecule has 0 fully saturated rings. The van der Waals surface area contributed by atoms with Crippen LogP contribution in [0.1, 0.15) is 52.7 Å². The molecule has 0 atom stereocenters. The number of nitrogen functional groups attached to an aromatic ring is 1. The molecule has 44 heavy (non-hydrogen) atoms. The molecule has 11 heteroatoms. The number of halogens is 2. The quantitative estimate of drug-likeness (QED) is 0.109. The molecule has 0 aliphatic rings. The van der Waals surface area contributed by atoms with E-state index in [0.29, 0.717) is 32.9 Å². The predicted octanol–water partition coefficient (Wildman–Crippen LogP) is 6.89. The van der Waals surface area contributed by atoms with E-state index < -0.39 is 11.9 Å². The molecule has 0 radical (unpaired) electrons. The summed E-state index contributed by atoms with van der Waals surface area (Å²) in [6, 6.07) is 17.9. The summed E-state index contributed by atoms with van der Waals surface area (Å²) in [5.41, 5.74) is 10.3. The minimum atomic E-state index is -0.473. The minimum absolute atomic E-state index is 0.0196. The van der Waals surface area contributed by atoms with E-state index in [1.165, 1.54) is 6.92 Å². The van der Waals surface area contributed by atoms with Crippen molar-refractivity contribution >= 4 is 62.0 Å². The molecule has 1 heterocycles. The number of esters is 2. The molecule has 0 aliphatic carbocycles. The van der Waals surface area contributed by atoms with Gasteiger partial charge in [-0.15, -0.1) is 0 Å². The van der Waals surface area contributed by atoms with Crippen LogP contribution in [0.5, 0.6) is 5.75 Å². The van der Waals surface area contributed by atoms with Gasteiger partial charge >= 0.3 is 11.9 Å². The van der Waals surface area contributed by atoms with Gasteiger partial charge in [-0.25, -0.2) is 4.79 Å². The topological polar surface area (TPSA) is 113 Å². The lowest BCUT2D eigenvalue weighted by Gasteiger charge is -2.20. The third-order valence-electron chi connectivity index (χ3n) is 6.85. The monoisotopic (exact) mass is 685 g/mol. The number of fused-ring (bicyclic) bond motifs is 1. The summed E-state index contributed by atoms with van der Waals surface area (Å²) in [5, 5.41) is 1.60. The SMILES string of the molecule is CCN(CC)Cc1cc(C(=O)OCCOC(C)=O)cc(Br)c1N.COc1ccc2c(c1)cc(C)n2C(=O)c1ccc(Cl)cc1. The number of aromatic nitrogens is 1. The largest absolute Gasteiger partial charge is 0.497 e. The molecular formula is C33H37BrClN3O6. The molecule has 3 aromatic carbocycles. The van der Waals surface area contributed by atoms with E-state index in [2.05, 4.69) is 34.7 Å². The highest BCUT2D eigenvalue weighted by Crippen LogP contribution is 2.28. The van der Waals surface area contributed by atoms with Crippen LogP contribution in [0.25, 0.3) is 10.9 Å². The number of hydrogen-bond acceptors (Lipinski definition) is 8. The minimum Gasteiger partial charge on any atom is -0.497 e. The number of methoxy groups -OCH3 is 1. The summed E-state index contributed by atoms with van der Waals surface area (Å²) in [5.74, 6) is -0.167. The number of carbonyl (C=O) groups is 3. The van der Waals surface area contributed by atoms with Crippen LogP contribution in [0.3, 0.4) is 0 Å². The van der Waals surface area contributed by atoms with Crippen molar-refractivity contribution in [1.29, 1.82) is 0 Å². The standard InChI is InChI=1S/C17H14ClNO2.C16H23BrN2O4/c1-11-9-13-10-15(21-2)7-8-16(13)19(11)17(20)12-3-5-14(18)6-4-12;1-4-19(5-2)10-13-8-12(9-14(17)15(13)18)16(21)23-7-6-22-11(3)20/h3-10H,1-2H3;8-9H,4-7,10,18H2,1-3H3. The Labute approximate surface area is 270 Å². The first-order valence-corrected chi connectivity index (χ1v) is 15.2. The van der Waals surface area contributed by atoms with Gasteiger partial charge in [0.1, 0.15) is 19.0 Å². The van der Waals surface area contributed by atoms with Crippen molar-refractivity contribution in [3.8, 4) is 5.75 Å². The summed E-state index contributed by atoms with van der Waals surface area (Å²) in [6.07, 6.45) is 0. The molecule has 0 amide bonds. The van der Waals surface area contributed by atoms with Crippen molar-refractivity contribution in [2.75, 3.05) is 39.1 Å². The fourth-order valence-electron chi connectivity index (χ4n) is 4.46. The highest BCUT2D eigenvalue weighted by molar-refractivity contribution is 9.10. The van der Waals surface area contributed by atoms with Gasteiger partial charge in [0, 0.05) is 39.6 Å². The molecule has 0 saturated carbocycles. The Morgan fingerprint density at radius 2 is 1.59 bits per heavy atom. The Kier molecular flexibility index (Phi) is 12.8. The van der Waals surface area contributed by atoms with Crippen LogP contribution in [-0.4, -0.2) is 60.7 Å². The van der Waals surface area contributed by atoms with Crippen molar-refractivity contribution in [2.24, 2.45) is 0 Å². The van der Waals surface area contributed by atoms with Gasteiger partial charge in [-0.3, -0.25) is 19.1 Å². The van der Waals surface area contributed by atoms with Crippen molar-refractivity contribution in [2.45, 2.75) is 34.2 Å². The second kappa shape index (κ2) is 16.3. The van der Waals surface area contributed by atoms with Crippen LogP contribution >= 0.6 is 27.5 Å². The van der Waals surface area contributed by atoms with E-state index in [1.807, 2.05) is 31.2 Å². The summed E-state index contributed by atoms with van der Waals surface area (Å²) in [6.45, 7) is 9.87. The van der Waals surface area contributed by atoms with Gasteiger partial charge in [0.15, 0.2) is 0 Å². The number of carbonyl (C=O) groups excluding carboxylic acids is 3. The number of nitrogens with zero attached hydrogens (tertiary/aromatic N) is 2. The fourth-order valence-corrected chi connectivity index (χ4v) is 5.09. The van der Waals surface area contributed by atoms with Gasteiger partial charge in [0.25, 0.3) is 5.91 Å². The maximum Gasteiger partial charge on any atom is 0.338 e. The van der Waals surface area contributed by atoms with Crippen LogP contribution < -0.4 is 10.5 Å². The van der Waals surface area contributed by atoms with Crippen molar-refractivity contribution in [1.82, 2.24) is 9.47 Å². The smallest absolute Gasteiger partial charge is 0.338 e. The first-order valence-electron chi connectivity index (χ1n) is 14.1. The summed E-state index contributed by atoms with van der Waals surface area (Å²) in [7, 11) is 1.63. The Balaban J connectivity index is 0.000000241. The fraction of sp³-hybridized carbons (Fsp3) is 0.303. The normalized spacial score (nSPS) is 10.7. The van der Waals surface area contributed by atoms with E-state index >= 15 is 0 Å². The summed E-state index contributed by atoms with van der Waals surface area (Å²) < 4.78 is 17.4. The number of ether oxygens (including phenoxy) is 3. The zero-order valence-electron chi connectivity index (χ0n) is 25.5. The van der Waals surface area contributed by atoms with Crippen molar-refractivity contribution in [3.63, 3.8) is 0 Å². The summed E-state index contributed by atoms with van der Waals surface area (Å²) in [4.78, 5) is 37.6. The predicted molar refractivity (Wildman–Crippen MR) is 177 cm³/mol. The number of hydrogen-bond donors (Lipinski definition) is 1.